The third-order valence-corrected chi connectivity index (χ3v) is 2.27. The summed E-state index contributed by atoms with van der Waals surface area (Å²) < 4.78 is 0. The van der Waals surface area contributed by atoms with Crippen LogP contribution in [-0.2, 0) is 4.79 Å². The van der Waals surface area contributed by atoms with Crippen LogP contribution in [0.25, 0.3) is 0 Å². The fourth-order valence-electron chi connectivity index (χ4n) is 1.27. The molecular weight excluding hydrogens is 186 g/mol. The lowest BCUT2D eigenvalue weighted by molar-refractivity contribution is 0.563. The van der Waals surface area contributed by atoms with Gasteiger partial charge in [-0.25, -0.2) is 10.2 Å². The molecule has 0 aliphatic rings. The Bertz CT molecular complexity index is 279. The lowest BCUT2D eigenvalue weighted by Crippen LogP contribution is -1.90. The summed E-state index contributed by atoms with van der Waals surface area (Å²) in [4.78, 5) is 8.35. The first kappa shape index (κ1) is 13.6. The summed E-state index contributed by atoms with van der Waals surface area (Å²) in [6.07, 6.45) is 0.750. The molecule has 0 unspecified atom stereocenters. The van der Waals surface area contributed by atoms with Crippen molar-refractivity contribution in [2.45, 2.75) is 39.5 Å². The van der Waals surface area contributed by atoms with Crippen molar-refractivity contribution in [3.8, 4) is 0 Å². The van der Waals surface area contributed by atoms with Gasteiger partial charge in [0, 0.05) is 0 Å². The van der Waals surface area contributed by atoms with Crippen LogP contribution in [0.1, 0.15) is 50.7 Å². The van der Waals surface area contributed by atoms with Gasteiger partial charge in [-0.15, -0.1) is 0 Å². The second-order valence-corrected chi connectivity index (χ2v) is 4.08. The van der Waals surface area contributed by atoms with Crippen LogP contribution in [0, 0.1) is 5.41 Å². The molecule has 0 radical (unpaired) electrons. The van der Waals surface area contributed by atoms with Gasteiger partial charge in [0.05, 0.1) is 0 Å². The van der Waals surface area contributed by atoms with Gasteiger partial charge < -0.3 is 0 Å². The Balaban J connectivity index is 0.000000583. The highest BCUT2D eigenvalue weighted by atomic mass is 16.1. The van der Waals surface area contributed by atoms with Crippen molar-refractivity contribution in [3.63, 3.8) is 0 Å². The van der Waals surface area contributed by atoms with Gasteiger partial charge in [-0.2, -0.15) is 0 Å². The van der Waals surface area contributed by atoms with Gasteiger partial charge in [0.2, 0.25) is 6.08 Å². The molecule has 0 heterocycles. The van der Waals surface area contributed by atoms with Gasteiger partial charge >= 0.3 is 0 Å². The summed E-state index contributed by atoms with van der Waals surface area (Å²) in [5.74, 6) is 1.29. The predicted molar refractivity (Wildman–Crippen MR) is 63.0 cm³/mol. The largest absolute Gasteiger partial charge is 0.231 e. The van der Waals surface area contributed by atoms with E-state index in [1.807, 2.05) is 0 Å². The Morgan fingerprint density at radius 1 is 0.933 bits per heavy atom. The van der Waals surface area contributed by atoms with E-state index in [0.717, 1.165) is 6.08 Å². The minimum absolute atomic E-state index is 0.645. The first-order valence-corrected chi connectivity index (χ1v) is 5.16. The predicted octanol–water partition coefficient (Wildman–Crippen LogP) is 3.83. The third kappa shape index (κ3) is 5.14. The SMILES string of the molecule is CC(C)c1ccc(C(C)C)cc1.N=C=O. The van der Waals surface area contributed by atoms with E-state index in [-0.39, 0.29) is 0 Å². The molecule has 1 aromatic rings. The zero-order chi connectivity index (χ0) is 11.8. The van der Waals surface area contributed by atoms with Crippen LogP contribution in [0.15, 0.2) is 24.3 Å². The molecule has 0 fully saturated rings. The van der Waals surface area contributed by atoms with Crippen LogP contribution in [0.3, 0.4) is 0 Å². The zero-order valence-electron chi connectivity index (χ0n) is 9.87. The lowest BCUT2D eigenvalue weighted by atomic mass is 9.97. The van der Waals surface area contributed by atoms with Crippen LogP contribution in [-0.4, -0.2) is 6.08 Å². The minimum atomic E-state index is 0.645. The quantitative estimate of drug-likeness (QED) is 0.578. The monoisotopic (exact) mass is 205 g/mol. The number of hydrogen-bond donors (Lipinski definition) is 1. The van der Waals surface area contributed by atoms with Crippen molar-refractivity contribution >= 4 is 6.08 Å². The van der Waals surface area contributed by atoms with E-state index in [0.29, 0.717) is 11.8 Å². The van der Waals surface area contributed by atoms with E-state index in [1.165, 1.54) is 11.1 Å². The molecule has 2 heteroatoms. The minimum Gasteiger partial charge on any atom is -0.222 e. The van der Waals surface area contributed by atoms with E-state index in [2.05, 4.69) is 52.0 Å². The maximum Gasteiger partial charge on any atom is 0.231 e. The molecule has 1 N–H and O–H groups in total. The molecule has 0 aliphatic heterocycles. The number of benzene rings is 1. The summed E-state index contributed by atoms with van der Waals surface area (Å²) >= 11 is 0. The van der Waals surface area contributed by atoms with E-state index in [1.54, 1.807) is 0 Å². The maximum atomic E-state index is 8.35. The van der Waals surface area contributed by atoms with Crippen molar-refractivity contribution in [1.29, 1.82) is 5.41 Å². The van der Waals surface area contributed by atoms with Crippen molar-refractivity contribution < 1.29 is 4.79 Å². The molecular formula is C13H19NO. The standard InChI is InChI=1S/C12H18.CHNO/c1-9(2)11-5-7-12(8-6-11)10(3)4;2-1-3/h5-10H,1-4H3;2H. The average Bonchev–Trinajstić information content (AvgIpc) is 2.19. The van der Waals surface area contributed by atoms with Gasteiger partial charge in [-0.1, -0.05) is 52.0 Å². The average molecular weight is 205 g/mol. The number of carbonyl (C=O) groups excluding carboxylic acids is 1. The number of isocyanates is 1. The molecule has 0 amide bonds. The smallest absolute Gasteiger partial charge is 0.222 e. The Kier molecular flexibility index (Phi) is 6.32. The Labute approximate surface area is 91.8 Å². The molecule has 1 aromatic carbocycles. The Hall–Kier alpha value is -1.40. The summed E-state index contributed by atoms with van der Waals surface area (Å²) in [6, 6.07) is 8.94. The molecule has 1 rings (SSSR count). The third-order valence-electron chi connectivity index (χ3n) is 2.27. The van der Waals surface area contributed by atoms with Crippen LogP contribution in [0.4, 0.5) is 0 Å². The summed E-state index contributed by atoms with van der Waals surface area (Å²) in [5, 5.41) is 5.40. The van der Waals surface area contributed by atoms with E-state index in [4.69, 9.17) is 10.2 Å². The summed E-state index contributed by atoms with van der Waals surface area (Å²) in [6.45, 7) is 8.91. The first-order chi connectivity index (χ1) is 7.02. The second-order valence-electron chi connectivity index (χ2n) is 4.08. The molecule has 82 valence electrons. The molecule has 2 nitrogen and oxygen atoms in total. The van der Waals surface area contributed by atoms with Gasteiger partial charge in [0.25, 0.3) is 0 Å². The molecule has 0 bridgehead atoms. The topological polar surface area (TPSA) is 40.9 Å². The Morgan fingerprint density at radius 2 is 1.13 bits per heavy atom. The normalized spacial score (nSPS) is 9.47. The number of nitrogens with one attached hydrogen (secondary N) is 1. The second kappa shape index (κ2) is 6.97. The van der Waals surface area contributed by atoms with Gasteiger partial charge in [0.15, 0.2) is 0 Å². The maximum absolute atomic E-state index is 8.35. The van der Waals surface area contributed by atoms with Crippen molar-refractivity contribution in [2.75, 3.05) is 0 Å². The summed E-state index contributed by atoms with van der Waals surface area (Å²) in [7, 11) is 0. The van der Waals surface area contributed by atoms with Crippen molar-refractivity contribution in [3.05, 3.63) is 35.4 Å². The molecule has 0 atom stereocenters. The molecule has 0 saturated carbocycles. The van der Waals surface area contributed by atoms with E-state index < -0.39 is 0 Å². The highest BCUT2D eigenvalue weighted by Gasteiger charge is 2.00. The first-order valence-electron chi connectivity index (χ1n) is 5.16. The number of rotatable bonds is 2. The van der Waals surface area contributed by atoms with Gasteiger partial charge in [-0.05, 0) is 23.0 Å². The van der Waals surface area contributed by atoms with Crippen molar-refractivity contribution in [1.82, 2.24) is 0 Å². The molecule has 0 aliphatic carbocycles. The van der Waals surface area contributed by atoms with E-state index >= 15 is 0 Å². The zero-order valence-corrected chi connectivity index (χ0v) is 9.87. The van der Waals surface area contributed by atoms with Crippen molar-refractivity contribution in [2.24, 2.45) is 0 Å². The fraction of sp³-hybridized carbons (Fsp3) is 0.462. The lowest BCUT2D eigenvalue weighted by Gasteiger charge is -2.08. The van der Waals surface area contributed by atoms with E-state index in [9.17, 15) is 0 Å². The molecule has 0 aromatic heterocycles. The van der Waals surface area contributed by atoms with Gasteiger partial charge in [0.1, 0.15) is 0 Å². The molecule has 15 heavy (non-hydrogen) atoms. The number of hydrogen-bond acceptors (Lipinski definition) is 2. The highest BCUT2D eigenvalue weighted by Crippen LogP contribution is 2.18. The highest BCUT2D eigenvalue weighted by molar-refractivity contribution is 5.26. The fourth-order valence-corrected chi connectivity index (χ4v) is 1.27. The van der Waals surface area contributed by atoms with Crippen LogP contribution in [0.5, 0.6) is 0 Å². The Morgan fingerprint density at radius 3 is 1.27 bits per heavy atom. The summed E-state index contributed by atoms with van der Waals surface area (Å²) in [5.41, 5.74) is 2.86. The van der Waals surface area contributed by atoms with Gasteiger partial charge in [-0.3, -0.25) is 0 Å². The molecule has 0 saturated heterocycles. The molecule has 0 spiro atoms. The van der Waals surface area contributed by atoms with Crippen LogP contribution < -0.4 is 0 Å². The van der Waals surface area contributed by atoms with Crippen LogP contribution in [0.2, 0.25) is 0 Å². The van der Waals surface area contributed by atoms with Crippen LogP contribution >= 0.6 is 0 Å².